The predicted molar refractivity (Wildman–Crippen MR) is 80.3 cm³/mol. The molecule has 0 unspecified atom stereocenters. The fourth-order valence-corrected chi connectivity index (χ4v) is 2.74. The fraction of sp³-hybridized carbons (Fsp3) is 0.0769. The first kappa shape index (κ1) is 13.3. The number of benzene rings is 1. The van der Waals surface area contributed by atoms with Crippen molar-refractivity contribution in [1.82, 2.24) is 9.97 Å². The Balaban J connectivity index is 1.80. The molecule has 0 aliphatic rings. The number of halogens is 2. The molecule has 7 heteroatoms. The number of anilines is 1. The van der Waals surface area contributed by atoms with Crippen LogP contribution in [0, 0.1) is 5.82 Å². The lowest BCUT2D eigenvalue weighted by Crippen LogP contribution is -2.04. The van der Waals surface area contributed by atoms with E-state index in [-0.39, 0.29) is 12.4 Å². The largest absolute Gasteiger partial charge is 0.486 e. The van der Waals surface area contributed by atoms with E-state index in [1.807, 2.05) is 11.4 Å². The number of nitrogens with two attached hydrogens (primary N) is 1. The Labute approximate surface area is 126 Å². The third-order valence-electron chi connectivity index (χ3n) is 2.66. The van der Waals surface area contributed by atoms with Crippen molar-refractivity contribution >= 4 is 43.3 Å². The number of ether oxygens (including phenoxy) is 1. The van der Waals surface area contributed by atoms with E-state index < -0.39 is 0 Å². The number of nitrogens with zero attached hydrogens (tertiary/aromatic N) is 2. The van der Waals surface area contributed by atoms with E-state index in [1.54, 1.807) is 12.1 Å². The zero-order valence-electron chi connectivity index (χ0n) is 10.1. The maximum Gasteiger partial charge on any atom is 0.169 e. The number of thiophene rings is 1. The van der Waals surface area contributed by atoms with Crippen LogP contribution in [0.2, 0.25) is 0 Å². The van der Waals surface area contributed by atoms with Gasteiger partial charge in [0.2, 0.25) is 0 Å². The van der Waals surface area contributed by atoms with Crippen LogP contribution in [0.3, 0.4) is 0 Å². The van der Waals surface area contributed by atoms with Crippen LogP contribution in [0.15, 0.2) is 34.1 Å². The normalized spacial score (nSPS) is 10.9. The van der Waals surface area contributed by atoms with E-state index in [2.05, 4.69) is 25.9 Å². The maximum absolute atomic E-state index is 13.4. The lowest BCUT2D eigenvalue weighted by molar-refractivity contribution is 0.295. The summed E-state index contributed by atoms with van der Waals surface area (Å²) in [4.78, 5) is 9.34. The average molecular weight is 354 g/mol. The van der Waals surface area contributed by atoms with Gasteiger partial charge in [-0.2, -0.15) is 0 Å². The van der Waals surface area contributed by atoms with Gasteiger partial charge in [0.25, 0.3) is 0 Å². The van der Waals surface area contributed by atoms with Gasteiger partial charge in [0.15, 0.2) is 5.82 Å². The molecule has 2 aromatic heterocycles. The smallest absolute Gasteiger partial charge is 0.169 e. The van der Waals surface area contributed by atoms with Gasteiger partial charge in [0.05, 0.1) is 9.86 Å². The molecule has 0 saturated carbocycles. The minimum Gasteiger partial charge on any atom is -0.486 e. The molecule has 20 heavy (non-hydrogen) atoms. The maximum atomic E-state index is 13.4. The van der Waals surface area contributed by atoms with E-state index in [4.69, 9.17) is 10.5 Å². The summed E-state index contributed by atoms with van der Waals surface area (Å²) in [5, 5.41) is 2.75. The molecule has 0 saturated heterocycles. The van der Waals surface area contributed by atoms with Gasteiger partial charge in [-0.25, -0.2) is 14.4 Å². The Bertz CT molecular complexity index is 777. The van der Waals surface area contributed by atoms with Crippen molar-refractivity contribution in [3.05, 3.63) is 45.8 Å². The van der Waals surface area contributed by atoms with Crippen molar-refractivity contribution < 1.29 is 9.13 Å². The first-order valence-electron chi connectivity index (χ1n) is 5.71. The molecule has 3 aromatic rings. The van der Waals surface area contributed by atoms with E-state index in [0.29, 0.717) is 21.9 Å². The summed E-state index contributed by atoms with van der Waals surface area (Å²) in [6, 6.07) is 6.43. The van der Waals surface area contributed by atoms with Crippen LogP contribution in [-0.2, 0) is 6.61 Å². The monoisotopic (exact) mass is 353 g/mol. The predicted octanol–water partition coefficient (Wildman–Crippen LogP) is 3.75. The van der Waals surface area contributed by atoms with Crippen molar-refractivity contribution in [3.63, 3.8) is 0 Å². The van der Waals surface area contributed by atoms with E-state index in [9.17, 15) is 4.39 Å². The summed E-state index contributed by atoms with van der Waals surface area (Å²) < 4.78 is 19.2. The zero-order valence-corrected chi connectivity index (χ0v) is 12.5. The Morgan fingerprint density at radius 1 is 1.30 bits per heavy atom. The number of hydrogen-bond acceptors (Lipinski definition) is 5. The molecule has 0 aliphatic carbocycles. The van der Waals surface area contributed by atoms with Crippen molar-refractivity contribution in [2.24, 2.45) is 0 Å². The van der Waals surface area contributed by atoms with E-state index in [0.717, 1.165) is 10.2 Å². The van der Waals surface area contributed by atoms with Crippen LogP contribution < -0.4 is 10.5 Å². The Morgan fingerprint density at radius 2 is 2.15 bits per heavy atom. The average Bonchev–Trinajstić information content (AvgIpc) is 2.89. The minimum atomic E-state index is -0.378. The van der Waals surface area contributed by atoms with Crippen molar-refractivity contribution in [1.29, 1.82) is 0 Å². The standard InChI is InChI=1S/C13H9BrFN3OS/c14-9-2-1-7(5-10(9)15)19-6-11-17-12(16)8-3-4-20-13(8)18-11/h1-5H,6H2,(H2,16,17,18). The highest BCUT2D eigenvalue weighted by atomic mass is 79.9. The number of rotatable bonds is 3. The molecule has 0 fully saturated rings. The lowest BCUT2D eigenvalue weighted by Gasteiger charge is -2.06. The number of fused-ring (bicyclic) bond motifs is 1. The molecular weight excluding hydrogens is 345 g/mol. The second-order valence-electron chi connectivity index (χ2n) is 4.03. The summed E-state index contributed by atoms with van der Waals surface area (Å²) in [5.74, 6) is 0.938. The van der Waals surface area contributed by atoms with Crippen LogP contribution in [0.1, 0.15) is 5.82 Å². The Morgan fingerprint density at radius 3 is 2.95 bits per heavy atom. The minimum absolute atomic E-state index is 0.138. The zero-order chi connectivity index (χ0) is 14.1. The molecule has 0 radical (unpaired) electrons. The first-order chi connectivity index (χ1) is 9.63. The summed E-state index contributed by atoms with van der Waals surface area (Å²) in [6.45, 7) is 0.138. The number of aromatic nitrogens is 2. The molecule has 102 valence electrons. The van der Waals surface area contributed by atoms with Crippen LogP contribution in [0.5, 0.6) is 5.75 Å². The molecular formula is C13H9BrFN3OS. The molecule has 2 N–H and O–H groups in total. The molecule has 0 spiro atoms. The summed E-state index contributed by atoms with van der Waals surface area (Å²) in [6.07, 6.45) is 0. The third-order valence-corrected chi connectivity index (χ3v) is 4.11. The Kier molecular flexibility index (Phi) is 3.54. The molecule has 0 atom stereocenters. The highest BCUT2D eigenvalue weighted by molar-refractivity contribution is 9.10. The molecule has 0 amide bonds. The van der Waals surface area contributed by atoms with E-state index in [1.165, 1.54) is 17.4 Å². The van der Waals surface area contributed by atoms with Crippen molar-refractivity contribution in [2.75, 3.05) is 5.73 Å². The van der Waals surface area contributed by atoms with Crippen LogP contribution >= 0.6 is 27.3 Å². The topological polar surface area (TPSA) is 61.0 Å². The SMILES string of the molecule is Nc1nc(COc2ccc(Br)c(F)c2)nc2sccc12. The fourth-order valence-electron chi connectivity index (χ4n) is 1.70. The molecule has 3 rings (SSSR count). The molecule has 4 nitrogen and oxygen atoms in total. The highest BCUT2D eigenvalue weighted by Gasteiger charge is 2.08. The second-order valence-corrected chi connectivity index (χ2v) is 5.78. The summed E-state index contributed by atoms with van der Waals surface area (Å²) in [5.41, 5.74) is 5.85. The van der Waals surface area contributed by atoms with Crippen molar-refractivity contribution in [3.8, 4) is 5.75 Å². The summed E-state index contributed by atoms with van der Waals surface area (Å²) >= 11 is 4.58. The van der Waals surface area contributed by atoms with E-state index >= 15 is 0 Å². The number of hydrogen-bond donors (Lipinski definition) is 1. The molecule has 0 aliphatic heterocycles. The van der Waals surface area contributed by atoms with Gasteiger partial charge in [0.1, 0.15) is 28.8 Å². The molecule has 1 aromatic carbocycles. The highest BCUT2D eigenvalue weighted by Crippen LogP contribution is 2.24. The van der Waals surface area contributed by atoms with Crippen LogP contribution in [0.25, 0.3) is 10.2 Å². The summed E-state index contributed by atoms with van der Waals surface area (Å²) in [7, 11) is 0. The van der Waals surface area contributed by atoms with Gasteiger partial charge in [-0.05, 0) is 39.5 Å². The van der Waals surface area contributed by atoms with Gasteiger partial charge in [0, 0.05) is 6.07 Å². The second kappa shape index (κ2) is 5.34. The molecule has 2 heterocycles. The van der Waals surface area contributed by atoms with Gasteiger partial charge >= 0.3 is 0 Å². The van der Waals surface area contributed by atoms with Crippen LogP contribution in [0.4, 0.5) is 10.2 Å². The lowest BCUT2D eigenvalue weighted by atomic mass is 10.3. The quantitative estimate of drug-likeness (QED) is 0.778. The molecule has 0 bridgehead atoms. The number of nitrogen functional groups attached to an aromatic ring is 1. The van der Waals surface area contributed by atoms with Gasteiger partial charge < -0.3 is 10.5 Å². The van der Waals surface area contributed by atoms with Gasteiger partial charge in [-0.3, -0.25) is 0 Å². The Hall–Kier alpha value is -1.73. The van der Waals surface area contributed by atoms with Crippen LogP contribution in [-0.4, -0.2) is 9.97 Å². The van der Waals surface area contributed by atoms with Gasteiger partial charge in [-0.15, -0.1) is 11.3 Å². The first-order valence-corrected chi connectivity index (χ1v) is 7.38. The van der Waals surface area contributed by atoms with Crippen molar-refractivity contribution in [2.45, 2.75) is 6.61 Å². The van der Waals surface area contributed by atoms with Gasteiger partial charge in [-0.1, -0.05) is 0 Å². The third kappa shape index (κ3) is 2.59.